The molecule has 0 aliphatic heterocycles. The van der Waals surface area contributed by atoms with Crippen molar-refractivity contribution in [1.82, 2.24) is 4.98 Å². The van der Waals surface area contributed by atoms with Gasteiger partial charge in [-0.15, -0.1) is 0 Å². The standard InChI is InChI=1S/C18H17N/c1-14(15-7-3-2-4-8-15)11-12-16-13-19-18-10-6-5-9-17(16)18/h2-14,19H,1H3/b12-11+. The van der Waals surface area contributed by atoms with Gasteiger partial charge in [-0.1, -0.05) is 67.6 Å². The number of fused-ring (bicyclic) bond motifs is 1. The Balaban J connectivity index is 1.87. The second-order valence-electron chi connectivity index (χ2n) is 4.85. The molecule has 1 N–H and O–H groups in total. The number of hydrogen-bond donors (Lipinski definition) is 1. The average molecular weight is 247 g/mol. The molecule has 1 aromatic heterocycles. The number of allylic oxidation sites excluding steroid dienone is 1. The van der Waals surface area contributed by atoms with Crippen molar-refractivity contribution >= 4 is 17.0 Å². The molecule has 0 aliphatic carbocycles. The Morgan fingerprint density at radius 2 is 1.68 bits per heavy atom. The highest BCUT2D eigenvalue weighted by Crippen LogP contribution is 2.22. The SMILES string of the molecule is CC(/C=C/c1c[nH]c2ccccc12)c1ccccc1. The van der Waals surface area contributed by atoms with Gasteiger partial charge in [-0.2, -0.15) is 0 Å². The minimum Gasteiger partial charge on any atom is -0.361 e. The van der Waals surface area contributed by atoms with Crippen LogP contribution in [0.5, 0.6) is 0 Å². The summed E-state index contributed by atoms with van der Waals surface area (Å²) in [4.78, 5) is 3.30. The van der Waals surface area contributed by atoms with E-state index in [1.807, 2.05) is 0 Å². The third kappa shape index (κ3) is 2.45. The molecule has 19 heavy (non-hydrogen) atoms. The highest BCUT2D eigenvalue weighted by Gasteiger charge is 2.02. The molecule has 1 heteroatoms. The van der Waals surface area contributed by atoms with Crippen molar-refractivity contribution in [1.29, 1.82) is 0 Å². The van der Waals surface area contributed by atoms with Crippen molar-refractivity contribution in [3.05, 3.63) is 78.0 Å². The van der Waals surface area contributed by atoms with E-state index in [1.165, 1.54) is 22.0 Å². The van der Waals surface area contributed by atoms with Crippen LogP contribution in [0.3, 0.4) is 0 Å². The van der Waals surface area contributed by atoms with Crippen molar-refractivity contribution in [2.24, 2.45) is 0 Å². The van der Waals surface area contributed by atoms with Crippen molar-refractivity contribution in [3.63, 3.8) is 0 Å². The quantitative estimate of drug-likeness (QED) is 0.671. The van der Waals surface area contributed by atoms with Crippen LogP contribution in [0.4, 0.5) is 0 Å². The first-order chi connectivity index (χ1) is 9.34. The second kappa shape index (κ2) is 5.15. The number of para-hydroxylation sites is 1. The number of aromatic nitrogens is 1. The van der Waals surface area contributed by atoms with Gasteiger partial charge in [0.15, 0.2) is 0 Å². The lowest BCUT2D eigenvalue weighted by Gasteiger charge is -2.05. The van der Waals surface area contributed by atoms with Crippen LogP contribution in [-0.2, 0) is 0 Å². The molecule has 0 saturated carbocycles. The zero-order valence-electron chi connectivity index (χ0n) is 11.0. The van der Waals surface area contributed by atoms with Crippen molar-refractivity contribution in [2.75, 3.05) is 0 Å². The van der Waals surface area contributed by atoms with Crippen LogP contribution >= 0.6 is 0 Å². The van der Waals surface area contributed by atoms with Crippen LogP contribution in [0, 0.1) is 0 Å². The van der Waals surface area contributed by atoms with Crippen LogP contribution in [-0.4, -0.2) is 4.98 Å². The molecule has 0 saturated heterocycles. The van der Waals surface area contributed by atoms with E-state index < -0.39 is 0 Å². The summed E-state index contributed by atoms with van der Waals surface area (Å²) in [5.41, 5.74) is 3.78. The van der Waals surface area contributed by atoms with Gasteiger partial charge < -0.3 is 4.98 Å². The zero-order valence-corrected chi connectivity index (χ0v) is 11.0. The molecule has 0 aliphatic rings. The maximum Gasteiger partial charge on any atom is 0.0460 e. The van der Waals surface area contributed by atoms with Crippen molar-refractivity contribution in [2.45, 2.75) is 12.8 Å². The molecule has 94 valence electrons. The minimum absolute atomic E-state index is 0.426. The van der Waals surface area contributed by atoms with Crippen LogP contribution < -0.4 is 0 Å². The summed E-state index contributed by atoms with van der Waals surface area (Å²) in [5.74, 6) is 0.426. The Morgan fingerprint density at radius 3 is 2.53 bits per heavy atom. The summed E-state index contributed by atoms with van der Waals surface area (Å²) in [6.45, 7) is 2.22. The molecule has 2 aromatic carbocycles. The molecule has 1 unspecified atom stereocenters. The van der Waals surface area contributed by atoms with Gasteiger partial charge in [-0.05, 0) is 23.1 Å². The van der Waals surface area contributed by atoms with Gasteiger partial charge in [0.05, 0.1) is 0 Å². The van der Waals surface area contributed by atoms with Gasteiger partial charge in [-0.25, -0.2) is 0 Å². The van der Waals surface area contributed by atoms with Gasteiger partial charge in [-0.3, -0.25) is 0 Å². The molecule has 0 amide bonds. The van der Waals surface area contributed by atoms with Gasteiger partial charge >= 0.3 is 0 Å². The molecule has 0 fully saturated rings. The van der Waals surface area contributed by atoms with E-state index in [2.05, 4.69) is 84.9 Å². The molecule has 0 bridgehead atoms. The smallest absolute Gasteiger partial charge is 0.0460 e. The first-order valence-electron chi connectivity index (χ1n) is 6.64. The van der Waals surface area contributed by atoms with Crippen LogP contribution in [0.2, 0.25) is 0 Å². The Bertz CT molecular complexity index is 692. The molecular formula is C18H17N. The summed E-state index contributed by atoms with van der Waals surface area (Å²) >= 11 is 0. The lowest BCUT2D eigenvalue weighted by molar-refractivity contribution is 0.973. The minimum atomic E-state index is 0.426. The average Bonchev–Trinajstić information content (AvgIpc) is 2.89. The van der Waals surface area contributed by atoms with Gasteiger partial charge in [0.1, 0.15) is 0 Å². The van der Waals surface area contributed by atoms with E-state index in [0.29, 0.717) is 5.92 Å². The number of rotatable bonds is 3. The summed E-state index contributed by atoms with van der Waals surface area (Å²) in [7, 11) is 0. The Morgan fingerprint density at radius 1 is 0.947 bits per heavy atom. The fraction of sp³-hybridized carbons (Fsp3) is 0.111. The summed E-state index contributed by atoms with van der Waals surface area (Å²) in [6, 6.07) is 19.0. The van der Waals surface area contributed by atoms with Gasteiger partial charge in [0.2, 0.25) is 0 Å². The Hall–Kier alpha value is -2.28. The maximum atomic E-state index is 3.30. The monoisotopic (exact) mass is 247 g/mol. The third-order valence-corrected chi connectivity index (χ3v) is 3.51. The zero-order chi connectivity index (χ0) is 13.1. The van der Waals surface area contributed by atoms with Crippen LogP contribution in [0.15, 0.2) is 66.9 Å². The number of hydrogen-bond acceptors (Lipinski definition) is 0. The predicted octanol–water partition coefficient (Wildman–Crippen LogP) is 4.98. The number of benzene rings is 2. The lowest BCUT2D eigenvalue weighted by atomic mass is 10.00. The maximum absolute atomic E-state index is 3.30. The largest absolute Gasteiger partial charge is 0.361 e. The number of H-pyrrole nitrogens is 1. The van der Waals surface area contributed by atoms with Crippen molar-refractivity contribution < 1.29 is 0 Å². The number of nitrogens with one attached hydrogen (secondary N) is 1. The van der Waals surface area contributed by atoms with Crippen molar-refractivity contribution in [3.8, 4) is 0 Å². The van der Waals surface area contributed by atoms with E-state index in [-0.39, 0.29) is 0 Å². The molecule has 3 rings (SSSR count). The molecule has 0 spiro atoms. The third-order valence-electron chi connectivity index (χ3n) is 3.51. The Kier molecular flexibility index (Phi) is 3.20. The highest BCUT2D eigenvalue weighted by molar-refractivity contribution is 5.88. The van der Waals surface area contributed by atoms with E-state index >= 15 is 0 Å². The fourth-order valence-corrected chi connectivity index (χ4v) is 2.35. The first kappa shape index (κ1) is 11.8. The first-order valence-corrected chi connectivity index (χ1v) is 6.64. The second-order valence-corrected chi connectivity index (χ2v) is 4.85. The van der Waals surface area contributed by atoms with E-state index in [0.717, 1.165) is 0 Å². The lowest BCUT2D eigenvalue weighted by Crippen LogP contribution is -1.87. The highest BCUT2D eigenvalue weighted by atomic mass is 14.7. The van der Waals surface area contributed by atoms with Crippen LogP contribution in [0.25, 0.3) is 17.0 Å². The summed E-state index contributed by atoms with van der Waals surface area (Å²) < 4.78 is 0. The molecule has 1 heterocycles. The Labute approximate surface area is 113 Å². The molecule has 1 atom stereocenters. The summed E-state index contributed by atoms with van der Waals surface area (Å²) in [6.07, 6.45) is 6.53. The van der Waals surface area contributed by atoms with E-state index in [9.17, 15) is 0 Å². The van der Waals surface area contributed by atoms with E-state index in [4.69, 9.17) is 0 Å². The fourth-order valence-electron chi connectivity index (χ4n) is 2.35. The molecule has 3 aromatic rings. The van der Waals surface area contributed by atoms with Crippen LogP contribution in [0.1, 0.15) is 24.0 Å². The van der Waals surface area contributed by atoms with Gasteiger partial charge in [0.25, 0.3) is 0 Å². The van der Waals surface area contributed by atoms with E-state index in [1.54, 1.807) is 0 Å². The normalized spacial score (nSPS) is 13.1. The van der Waals surface area contributed by atoms with Gasteiger partial charge in [0, 0.05) is 17.1 Å². The summed E-state index contributed by atoms with van der Waals surface area (Å²) in [5, 5.41) is 1.28. The molecular weight excluding hydrogens is 230 g/mol. The number of aromatic amines is 1. The molecule has 1 nitrogen and oxygen atoms in total. The predicted molar refractivity (Wildman–Crippen MR) is 82.2 cm³/mol. The molecule has 0 radical (unpaired) electrons. The topological polar surface area (TPSA) is 15.8 Å².